The maximum atomic E-state index is 13.5. The Morgan fingerprint density at radius 2 is 1.66 bits per heavy atom. The third kappa shape index (κ3) is 3.67. The zero-order valence-corrected chi connectivity index (χ0v) is 18.2. The Hall–Kier alpha value is -3.85. The quantitative estimate of drug-likeness (QED) is 0.593. The number of benzene rings is 2. The largest absolute Gasteiger partial charge is 0.502 e. The normalized spacial score (nSPS) is 16.0. The number of sulfonamides is 1. The molecule has 1 aliphatic heterocycles. The van der Waals surface area contributed by atoms with E-state index in [0.29, 0.717) is 11.1 Å². The molecule has 0 spiro atoms. The summed E-state index contributed by atoms with van der Waals surface area (Å²) < 4.78 is 38.4. The molecular weight excluding hydrogens is 432 g/mol. The molecule has 0 radical (unpaired) electrons. The van der Waals surface area contributed by atoms with Crippen molar-refractivity contribution in [2.45, 2.75) is 11.4 Å². The SMILES string of the molecule is COc1cc(/C=C2\C(=O)c3ccccc3S(=O)(=O)N2Cc2ccncc2)cc(OC)c1O. The minimum absolute atomic E-state index is 0.0321. The third-order valence-electron chi connectivity index (χ3n) is 5.08. The van der Waals surface area contributed by atoms with Gasteiger partial charge in [-0.1, -0.05) is 12.1 Å². The predicted molar refractivity (Wildman–Crippen MR) is 117 cm³/mol. The molecule has 164 valence electrons. The summed E-state index contributed by atoms with van der Waals surface area (Å²) in [5.74, 6) is -0.374. The molecule has 1 N–H and O–H groups in total. The molecule has 3 aromatic rings. The van der Waals surface area contributed by atoms with Crippen LogP contribution in [0.15, 0.2) is 71.5 Å². The van der Waals surface area contributed by atoms with E-state index in [1.807, 2.05) is 0 Å². The second-order valence-electron chi connectivity index (χ2n) is 7.00. The van der Waals surface area contributed by atoms with Crippen LogP contribution in [0, 0.1) is 0 Å². The van der Waals surface area contributed by atoms with E-state index >= 15 is 0 Å². The molecule has 4 rings (SSSR count). The van der Waals surface area contributed by atoms with E-state index in [9.17, 15) is 18.3 Å². The standard InChI is InChI=1S/C23H20N2O6S/c1-30-19-12-16(13-20(31-2)23(19)27)11-18-22(26)17-5-3-4-6-21(17)32(28,29)25(18)14-15-7-9-24-10-8-15/h3-13,27H,14H2,1-2H3/b18-11+. The van der Waals surface area contributed by atoms with Crippen molar-refractivity contribution in [1.29, 1.82) is 0 Å². The van der Waals surface area contributed by atoms with Crippen LogP contribution in [0.25, 0.3) is 6.08 Å². The minimum atomic E-state index is -4.01. The van der Waals surface area contributed by atoms with Crippen LogP contribution in [0.3, 0.4) is 0 Å². The van der Waals surface area contributed by atoms with Crippen molar-refractivity contribution in [2.24, 2.45) is 0 Å². The van der Waals surface area contributed by atoms with Crippen molar-refractivity contribution in [3.8, 4) is 17.2 Å². The van der Waals surface area contributed by atoms with E-state index < -0.39 is 15.8 Å². The molecule has 0 saturated heterocycles. The van der Waals surface area contributed by atoms with Gasteiger partial charge in [0.05, 0.1) is 25.7 Å². The number of aromatic hydroxyl groups is 1. The van der Waals surface area contributed by atoms with Gasteiger partial charge in [-0.25, -0.2) is 8.42 Å². The van der Waals surface area contributed by atoms with Gasteiger partial charge in [0.2, 0.25) is 11.5 Å². The number of phenolic OH excluding ortho intramolecular Hbond substituents is 1. The zero-order valence-electron chi connectivity index (χ0n) is 17.3. The molecule has 0 aliphatic carbocycles. The lowest BCUT2D eigenvalue weighted by atomic mass is 10.0. The number of hydrogen-bond donors (Lipinski definition) is 1. The summed E-state index contributed by atoms with van der Waals surface area (Å²) in [4.78, 5) is 17.3. The van der Waals surface area contributed by atoms with Crippen LogP contribution in [0.1, 0.15) is 21.5 Å². The highest BCUT2D eigenvalue weighted by Gasteiger charge is 2.39. The number of hydrogen-bond acceptors (Lipinski definition) is 7. The first-order valence-electron chi connectivity index (χ1n) is 9.59. The number of allylic oxidation sites excluding steroid dienone is 1. The molecule has 8 nitrogen and oxygen atoms in total. The van der Waals surface area contributed by atoms with Crippen molar-refractivity contribution in [1.82, 2.24) is 9.29 Å². The molecule has 2 aromatic carbocycles. The van der Waals surface area contributed by atoms with Crippen molar-refractivity contribution in [2.75, 3.05) is 14.2 Å². The van der Waals surface area contributed by atoms with Crippen LogP contribution < -0.4 is 9.47 Å². The summed E-state index contributed by atoms with van der Waals surface area (Å²) in [7, 11) is -1.25. The van der Waals surface area contributed by atoms with Crippen molar-refractivity contribution >= 4 is 21.9 Å². The third-order valence-corrected chi connectivity index (χ3v) is 6.90. The fourth-order valence-electron chi connectivity index (χ4n) is 3.50. The van der Waals surface area contributed by atoms with Crippen molar-refractivity contribution in [3.63, 3.8) is 0 Å². The number of methoxy groups -OCH3 is 2. The van der Waals surface area contributed by atoms with E-state index in [4.69, 9.17) is 9.47 Å². The van der Waals surface area contributed by atoms with Gasteiger partial charge in [0, 0.05) is 18.0 Å². The number of Topliss-reactive ketones (excluding diaryl/α,β-unsaturated/α-hetero) is 1. The molecule has 0 amide bonds. The van der Waals surface area contributed by atoms with E-state index in [1.165, 1.54) is 44.6 Å². The Kier molecular flexibility index (Phi) is 5.58. The lowest BCUT2D eigenvalue weighted by molar-refractivity contribution is 0.100. The topological polar surface area (TPSA) is 106 Å². The van der Waals surface area contributed by atoms with Crippen LogP contribution in [0.5, 0.6) is 17.2 Å². The maximum Gasteiger partial charge on any atom is 0.265 e. The minimum Gasteiger partial charge on any atom is -0.502 e. The summed E-state index contributed by atoms with van der Waals surface area (Å²) in [5.41, 5.74) is 1.16. The van der Waals surface area contributed by atoms with Gasteiger partial charge < -0.3 is 14.6 Å². The van der Waals surface area contributed by atoms with Crippen LogP contribution >= 0.6 is 0 Å². The number of phenols is 1. The highest BCUT2D eigenvalue weighted by molar-refractivity contribution is 7.89. The second-order valence-corrected chi connectivity index (χ2v) is 8.83. The number of ketones is 1. The average Bonchev–Trinajstić information content (AvgIpc) is 2.81. The Morgan fingerprint density at radius 3 is 2.28 bits per heavy atom. The van der Waals surface area contributed by atoms with Crippen LogP contribution in [-0.4, -0.2) is 42.8 Å². The fourth-order valence-corrected chi connectivity index (χ4v) is 5.14. The number of rotatable bonds is 5. The summed E-state index contributed by atoms with van der Waals surface area (Å²) in [6.07, 6.45) is 4.56. The molecule has 32 heavy (non-hydrogen) atoms. The Labute approximate surface area is 185 Å². The number of nitrogens with zero attached hydrogens (tertiary/aromatic N) is 2. The molecule has 0 fully saturated rings. The molecule has 0 bridgehead atoms. The number of fused-ring (bicyclic) bond motifs is 1. The zero-order chi connectivity index (χ0) is 22.9. The smallest absolute Gasteiger partial charge is 0.265 e. The highest BCUT2D eigenvalue weighted by Crippen LogP contribution is 2.39. The summed E-state index contributed by atoms with van der Waals surface area (Å²) in [6, 6.07) is 12.5. The van der Waals surface area contributed by atoms with Crippen molar-refractivity contribution in [3.05, 3.63) is 83.3 Å². The molecule has 9 heteroatoms. The lowest BCUT2D eigenvalue weighted by Crippen LogP contribution is -2.38. The van der Waals surface area contributed by atoms with Crippen molar-refractivity contribution < 1.29 is 27.8 Å². The van der Waals surface area contributed by atoms with Gasteiger partial charge in [0.1, 0.15) is 5.70 Å². The number of ether oxygens (including phenoxy) is 2. The number of aromatic nitrogens is 1. The number of pyridine rings is 1. The molecular formula is C23H20N2O6S. The summed E-state index contributed by atoms with van der Waals surface area (Å²) in [5, 5.41) is 10.2. The predicted octanol–water partition coefficient (Wildman–Crippen LogP) is 3.23. The number of carbonyl (C=O) groups is 1. The van der Waals surface area contributed by atoms with Crippen LogP contribution in [-0.2, 0) is 16.6 Å². The summed E-state index contributed by atoms with van der Waals surface area (Å²) >= 11 is 0. The monoisotopic (exact) mass is 452 g/mol. The summed E-state index contributed by atoms with van der Waals surface area (Å²) in [6.45, 7) is -0.0525. The first-order chi connectivity index (χ1) is 15.4. The lowest BCUT2D eigenvalue weighted by Gasteiger charge is -2.31. The highest BCUT2D eigenvalue weighted by atomic mass is 32.2. The van der Waals surface area contributed by atoms with Gasteiger partial charge in [-0.05, 0) is 53.6 Å². The van der Waals surface area contributed by atoms with E-state index in [2.05, 4.69) is 4.98 Å². The van der Waals surface area contributed by atoms with Gasteiger partial charge in [0.25, 0.3) is 10.0 Å². The van der Waals surface area contributed by atoms with E-state index in [-0.39, 0.29) is 39.9 Å². The Balaban J connectivity index is 1.93. The molecule has 0 unspecified atom stereocenters. The molecule has 1 aliphatic rings. The fraction of sp³-hybridized carbons (Fsp3) is 0.130. The second kappa shape index (κ2) is 8.35. The van der Waals surface area contributed by atoms with Crippen LogP contribution in [0.2, 0.25) is 0 Å². The van der Waals surface area contributed by atoms with E-state index in [0.717, 1.165) is 4.31 Å². The average molecular weight is 452 g/mol. The Morgan fingerprint density at radius 1 is 1.03 bits per heavy atom. The van der Waals surface area contributed by atoms with Gasteiger partial charge in [-0.15, -0.1) is 0 Å². The first-order valence-corrected chi connectivity index (χ1v) is 11.0. The van der Waals surface area contributed by atoms with Gasteiger partial charge in [-0.2, -0.15) is 0 Å². The first kappa shape index (κ1) is 21.4. The van der Waals surface area contributed by atoms with Gasteiger partial charge in [0.15, 0.2) is 11.5 Å². The molecule has 0 saturated carbocycles. The van der Waals surface area contributed by atoms with E-state index in [1.54, 1.807) is 36.7 Å². The maximum absolute atomic E-state index is 13.5. The molecule has 2 heterocycles. The Bertz CT molecular complexity index is 1290. The van der Waals surface area contributed by atoms with Gasteiger partial charge >= 0.3 is 0 Å². The van der Waals surface area contributed by atoms with Crippen LogP contribution in [0.4, 0.5) is 0 Å². The molecule has 1 aromatic heterocycles. The van der Waals surface area contributed by atoms with Gasteiger partial charge in [-0.3, -0.25) is 14.1 Å². The molecule has 0 atom stereocenters. The number of carbonyl (C=O) groups excluding carboxylic acids is 1.